The van der Waals surface area contributed by atoms with Gasteiger partial charge < -0.3 is 14.2 Å². The van der Waals surface area contributed by atoms with Gasteiger partial charge >= 0.3 is 0 Å². The molecule has 0 aliphatic carbocycles. The van der Waals surface area contributed by atoms with Gasteiger partial charge in [0.2, 0.25) is 0 Å². The van der Waals surface area contributed by atoms with Crippen LogP contribution in [-0.2, 0) is 14.2 Å². The van der Waals surface area contributed by atoms with E-state index in [1.807, 2.05) is 27.7 Å². The lowest BCUT2D eigenvalue weighted by Gasteiger charge is -2.16. The number of rotatable bonds is 7. The van der Waals surface area contributed by atoms with Crippen LogP contribution >= 0.6 is 0 Å². The van der Waals surface area contributed by atoms with Crippen molar-refractivity contribution in [3.05, 3.63) is 0 Å². The fraction of sp³-hybridized carbons (Fsp3) is 1.00. The van der Waals surface area contributed by atoms with E-state index in [-0.39, 0.29) is 0 Å². The Morgan fingerprint density at radius 3 is 1.71 bits per heavy atom. The van der Waals surface area contributed by atoms with E-state index < -0.39 is 0 Å². The zero-order chi connectivity index (χ0) is 19.5. The van der Waals surface area contributed by atoms with E-state index >= 15 is 0 Å². The zero-order valence-corrected chi connectivity index (χ0v) is 18.6. The Morgan fingerprint density at radius 2 is 1.46 bits per heavy atom. The highest BCUT2D eigenvalue weighted by atomic mass is 16.5. The van der Waals surface area contributed by atoms with Crippen LogP contribution in [0.2, 0.25) is 0 Å². The van der Waals surface area contributed by atoms with Gasteiger partial charge in [-0.1, -0.05) is 74.7 Å². The first-order chi connectivity index (χ1) is 11.7. The van der Waals surface area contributed by atoms with Gasteiger partial charge in [0.05, 0.1) is 13.2 Å². The molecule has 0 N–H and O–H groups in total. The lowest BCUT2D eigenvalue weighted by atomic mass is 10.1. The van der Waals surface area contributed by atoms with Gasteiger partial charge in [-0.15, -0.1) is 0 Å². The Kier molecular flexibility index (Phi) is 50.7. The summed E-state index contributed by atoms with van der Waals surface area (Å²) in [5.74, 6) is 0.814. The maximum atomic E-state index is 5.18. The highest BCUT2D eigenvalue weighted by molar-refractivity contribution is 4.55. The molecule has 0 saturated carbocycles. The number of ether oxygens (including phenoxy) is 3. The fourth-order valence-electron chi connectivity index (χ4n) is 1.64. The van der Waals surface area contributed by atoms with Crippen LogP contribution in [0.3, 0.4) is 0 Å². The minimum absolute atomic E-state index is 0.708. The molecule has 1 aliphatic heterocycles. The van der Waals surface area contributed by atoms with Crippen molar-refractivity contribution in [2.45, 2.75) is 93.9 Å². The van der Waals surface area contributed by atoms with Crippen molar-refractivity contribution in [3.63, 3.8) is 0 Å². The van der Waals surface area contributed by atoms with Crippen molar-refractivity contribution in [1.82, 2.24) is 0 Å². The average molecular weight is 351 g/mol. The lowest BCUT2D eigenvalue weighted by Crippen LogP contribution is -2.13. The summed E-state index contributed by atoms with van der Waals surface area (Å²) in [7, 11) is 1.68. The first-order valence-electron chi connectivity index (χ1n) is 10.4. The summed E-state index contributed by atoms with van der Waals surface area (Å²) in [4.78, 5) is 0. The average Bonchev–Trinajstić information content (AvgIpc) is 2.65. The molecule has 152 valence electrons. The van der Waals surface area contributed by atoms with Crippen molar-refractivity contribution in [1.29, 1.82) is 0 Å². The predicted molar refractivity (Wildman–Crippen MR) is 110 cm³/mol. The highest BCUT2D eigenvalue weighted by Gasteiger charge is 2.06. The van der Waals surface area contributed by atoms with Gasteiger partial charge in [-0.05, 0) is 25.2 Å². The van der Waals surface area contributed by atoms with Crippen molar-refractivity contribution < 1.29 is 14.2 Å². The molecule has 1 fully saturated rings. The molecule has 0 bridgehead atoms. The summed E-state index contributed by atoms with van der Waals surface area (Å²) >= 11 is 0. The summed E-state index contributed by atoms with van der Waals surface area (Å²) < 4.78 is 15.0. The molecule has 1 rings (SSSR count). The van der Waals surface area contributed by atoms with E-state index in [0.717, 1.165) is 38.8 Å². The highest BCUT2D eigenvalue weighted by Crippen LogP contribution is 2.10. The molecule has 3 heteroatoms. The van der Waals surface area contributed by atoms with Gasteiger partial charge in [-0.3, -0.25) is 0 Å². The van der Waals surface area contributed by atoms with Crippen molar-refractivity contribution in [3.8, 4) is 0 Å². The van der Waals surface area contributed by atoms with Gasteiger partial charge in [-0.2, -0.15) is 0 Å². The number of hydrogen-bond acceptors (Lipinski definition) is 3. The van der Waals surface area contributed by atoms with Crippen molar-refractivity contribution in [2.75, 3.05) is 40.1 Å². The topological polar surface area (TPSA) is 27.7 Å². The maximum absolute atomic E-state index is 5.18. The quantitative estimate of drug-likeness (QED) is 0.476. The van der Waals surface area contributed by atoms with Gasteiger partial charge in [0.1, 0.15) is 0 Å². The third-order valence-electron chi connectivity index (χ3n) is 2.88. The monoisotopic (exact) mass is 350 g/mol. The van der Waals surface area contributed by atoms with Crippen LogP contribution in [0.4, 0.5) is 0 Å². The van der Waals surface area contributed by atoms with E-state index in [0.29, 0.717) is 6.61 Å². The Hall–Kier alpha value is -0.120. The predicted octanol–water partition coefficient (Wildman–Crippen LogP) is 6.74. The molecule has 0 aromatic rings. The normalized spacial score (nSPS) is 15.1. The molecule has 0 amide bonds. The minimum Gasteiger partial charge on any atom is -0.382 e. The molecule has 1 heterocycles. The maximum Gasteiger partial charge on any atom is 0.0700 e. The molecule has 1 saturated heterocycles. The summed E-state index contributed by atoms with van der Waals surface area (Å²) in [6, 6.07) is 0. The molecule has 0 aromatic carbocycles. The SMILES string of the molecule is CC.CC.CC1CCCOC1.CCCCC.CCCOCCOC. The molecule has 0 aromatic heterocycles. The summed E-state index contributed by atoms with van der Waals surface area (Å²) in [5.41, 5.74) is 0. The van der Waals surface area contributed by atoms with Crippen LogP contribution < -0.4 is 0 Å². The third-order valence-corrected chi connectivity index (χ3v) is 2.88. The largest absolute Gasteiger partial charge is 0.382 e. The Balaban J connectivity index is -0.000000115. The Labute approximate surface area is 154 Å². The van der Waals surface area contributed by atoms with Crippen LogP contribution in [0.5, 0.6) is 0 Å². The van der Waals surface area contributed by atoms with Gasteiger partial charge in [0.25, 0.3) is 0 Å². The molecule has 1 unspecified atom stereocenters. The van der Waals surface area contributed by atoms with Gasteiger partial charge in [-0.25, -0.2) is 0 Å². The Bertz CT molecular complexity index is 138. The van der Waals surface area contributed by atoms with Crippen molar-refractivity contribution >= 4 is 0 Å². The van der Waals surface area contributed by atoms with Crippen LogP contribution in [0.25, 0.3) is 0 Å². The number of unbranched alkanes of at least 4 members (excludes halogenated alkanes) is 2. The molecule has 1 aliphatic rings. The third kappa shape index (κ3) is 43.1. The molecule has 0 radical (unpaired) electrons. The summed E-state index contributed by atoms with van der Waals surface area (Å²) in [5, 5.41) is 0. The van der Waals surface area contributed by atoms with E-state index in [1.165, 1.54) is 32.1 Å². The fourth-order valence-corrected chi connectivity index (χ4v) is 1.64. The number of hydrogen-bond donors (Lipinski definition) is 0. The zero-order valence-electron chi connectivity index (χ0n) is 18.6. The van der Waals surface area contributed by atoms with Crippen LogP contribution in [0, 0.1) is 5.92 Å². The second-order valence-electron chi connectivity index (χ2n) is 5.28. The van der Waals surface area contributed by atoms with Crippen LogP contribution in [0.1, 0.15) is 93.9 Å². The lowest BCUT2D eigenvalue weighted by molar-refractivity contribution is 0.0616. The van der Waals surface area contributed by atoms with Gasteiger partial charge in [0.15, 0.2) is 0 Å². The van der Waals surface area contributed by atoms with Crippen LogP contribution in [-0.4, -0.2) is 40.1 Å². The molecular formula is C21H50O3. The van der Waals surface area contributed by atoms with E-state index in [2.05, 4.69) is 27.7 Å². The molecule has 0 spiro atoms. The van der Waals surface area contributed by atoms with E-state index in [4.69, 9.17) is 14.2 Å². The molecular weight excluding hydrogens is 300 g/mol. The first-order valence-corrected chi connectivity index (χ1v) is 10.4. The minimum atomic E-state index is 0.708. The van der Waals surface area contributed by atoms with Crippen LogP contribution in [0.15, 0.2) is 0 Å². The molecule has 3 nitrogen and oxygen atoms in total. The molecule has 1 atom stereocenters. The summed E-state index contributed by atoms with van der Waals surface area (Å²) in [6.07, 6.45) is 7.79. The second kappa shape index (κ2) is 38.4. The first kappa shape index (κ1) is 31.6. The standard InChI is InChI=1S/C6H14O2.C6H12O.C5H12.2C2H6/c1-3-4-8-6-5-7-2;1-6-3-2-4-7-5-6;1-3-5-4-2;2*1-2/h3-6H2,1-2H3;6H,2-5H2,1H3;3-5H2,1-2H3;2*1-2H3. The Morgan fingerprint density at radius 1 is 0.875 bits per heavy atom. The van der Waals surface area contributed by atoms with E-state index in [9.17, 15) is 0 Å². The smallest absolute Gasteiger partial charge is 0.0700 e. The molecule has 24 heavy (non-hydrogen) atoms. The van der Waals surface area contributed by atoms with E-state index in [1.54, 1.807) is 7.11 Å². The summed E-state index contributed by atoms with van der Waals surface area (Å²) in [6.45, 7) is 21.0. The number of methoxy groups -OCH3 is 1. The van der Waals surface area contributed by atoms with Crippen molar-refractivity contribution in [2.24, 2.45) is 5.92 Å². The van der Waals surface area contributed by atoms with Gasteiger partial charge in [0, 0.05) is 26.9 Å². The second-order valence-corrected chi connectivity index (χ2v) is 5.28.